The second kappa shape index (κ2) is 11.0. The first-order valence-electron chi connectivity index (χ1n) is 11.1. The molecule has 1 N–H and O–H groups in total. The molecule has 0 aliphatic carbocycles. The first-order chi connectivity index (χ1) is 16.5. The van der Waals surface area contributed by atoms with E-state index >= 15 is 0 Å². The predicted octanol–water partition coefficient (Wildman–Crippen LogP) is 3.72. The zero-order valence-electron chi connectivity index (χ0n) is 19.6. The Morgan fingerprint density at radius 1 is 1.09 bits per heavy atom. The standard InChI is InChI=1S/C24H27Cl2N3O5S/c1-4-20(23(31)27-12-15(2)3)28(13-16-9-10-18(25)19(26)11-16)22(30)14-29-24(32)17-7-5-6-8-21(17)35(29,33)34/h5-11,15,20H,4,12-14H2,1-3H3,(H,27,31)/t20-/m0/s1. The molecule has 0 unspecified atom stereocenters. The van der Waals surface area contributed by atoms with Crippen molar-refractivity contribution in [3.63, 3.8) is 0 Å². The van der Waals surface area contributed by atoms with E-state index in [0.717, 1.165) is 0 Å². The molecule has 3 rings (SSSR count). The lowest BCUT2D eigenvalue weighted by Crippen LogP contribution is -2.52. The topological polar surface area (TPSA) is 104 Å². The van der Waals surface area contributed by atoms with Gasteiger partial charge in [0.05, 0.1) is 15.6 Å². The molecule has 0 fully saturated rings. The van der Waals surface area contributed by atoms with Crippen molar-refractivity contribution in [3.8, 4) is 0 Å². The lowest BCUT2D eigenvalue weighted by Gasteiger charge is -2.32. The minimum Gasteiger partial charge on any atom is -0.354 e. The highest BCUT2D eigenvalue weighted by Gasteiger charge is 2.43. The molecule has 2 aromatic carbocycles. The van der Waals surface area contributed by atoms with E-state index in [-0.39, 0.29) is 40.3 Å². The third-order valence-electron chi connectivity index (χ3n) is 5.60. The van der Waals surface area contributed by atoms with Crippen LogP contribution in [0.2, 0.25) is 10.0 Å². The maximum absolute atomic E-state index is 13.5. The van der Waals surface area contributed by atoms with Crippen LogP contribution in [0.4, 0.5) is 0 Å². The average molecular weight is 540 g/mol. The highest BCUT2D eigenvalue weighted by molar-refractivity contribution is 7.90. The molecule has 0 bridgehead atoms. The number of nitrogens with one attached hydrogen (secondary N) is 1. The van der Waals surface area contributed by atoms with Crippen molar-refractivity contribution in [1.29, 1.82) is 0 Å². The zero-order chi connectivity index (χ0) is 25.9. The summed E-state index contributed by atoms with van der Waals surface area (Å²) >= 11 is 12.1. The van der Waals surface area contributed by atoms with Crippen LogP contribution in [0.3, 0.4) is 0 Å². The van der Waals surface area contributed by atoms with Gasteiger partial charge in [0, 0.05) is 13.1 Å². The first-order valence-corrected chi connectivity index (χ1v) is 13.3. The minimum absolute atomic E-state index is 0.0121. The zero-order valence-corrected chi connectivity index (χ0v) is 22.0. The average Bonchev–Trinajstić information content (AvgIpc) is 3.00. The van der Waals surface area contributed by atoms with Crippen LogP contribution in [0.1, 0.15) is 43.1 Å². The van der Waals surface area contributed by atoms with Gasteiger partial charge in [-0.15, -0.1) is 0 Å². The molecular weight excluding hydrogens is 513 g/mol. The van der Waals surface area contributed by atoms with Crippen molar-refractivity contribution in [1.82, 2.24) is 14.5 Å². The van der Waals surface area contributed by atoms with Crippen LogP contribution in [0, 0.1) is 5.92 Å². The number of amides is 3. The van der Waals surface area contributed by atoms with Gasteiger partial charge in [0.25, 0.3) is 15.9 Å². The van der Waals surface area contributed by atoms with E-state index in [1.807, 2.05) is 13.8 Å². The van der Waals surface area contributed by atoms with Gasteiger partial charge in [-0.3, -0.25) is 14.4 Å². The number of hydrogen-bond donors (Lipinski definition) is 1. The highest BCUT2D eigenvalue weighted by Crippen LogP contribution is 2.30. The van der Waals surface area contributed by atoms with Crippen LogP contribution < -0.4 is 5.32 Å². The van der Waals surface area contributed by atoms with E-state index in [0.29, 0.717) is 21.4 Å². The predicted molar refractivity (Wildman–Crippen MR) is 134 cm³/mol. The number of halogens is 2. The van der Waals surface area contributed by atoms with Gasteiger partial charge in [-0.1, -0.05) is 62.2 Å². The largest absolute Gasteiger partial charge is 0.354 e. The summed E-state index contributed by atoms with van der Waals surface area (Å²) in [6, 6.07) is 9.73. The molecule has 1 heterocycles. The van der Waals surface area contributed by atoms with E-state index in [4.69, 9.17) is 23.2 Å². The van der Waals surface area contributed by atoms with Gasteiger partial charge in [0.1, 0.15) is 17.5 Å². The molecule has 188 valence electrons. The Morgan fingerprint density at radius 3 is 2.37 bits per heavy atom. The molecule has 0 spiro atoms. The van der Waals surface area contributed by atoms with Crippen molar-refractivity contribution in [3.05, 3.63) is 63.6 Å². The normalized spacial score (nSPS) is 15.1. The molecule has 0 saturated carbocycles. The van der Waals surface area contributed by atoms with Crippen molar-refractivity contribution in [2.45, 2.75) is 44.7 Å². The number of sulfonamides is 1. The molecule has 0 aromatic heterocycles. The third kappa shape index (κ3) is 5.79. The van der Waals surface area contributed by atoms with Crippen LogP contribution in [-0.4, -0.2) is 54.5 Å². The molecule has 11 heteroatoms. The smallest absolute Gasteiger partial charge is 0.269 e. The van der Waals surface area contributed by atoms with Crippen molar-refractivity contribution >= 4 is 50.9 Å². The lowest BCUT2D eigenvalue weighted by atomic mass is 10.1. The van der Waals surface area contributed by atoms with Gasteiger partial charge < -0.3 is 10.2 Å². The molecular formula is C24H27Cl2N3O5S. The summed E-state index contributed by atoms with van der Waals surface area (Å²) in [5, 5.41) is 3.44. The number of benzene rings is 2. The van der Waals surface area contributed by atoms with E-state index in [1.165, 1.54) is 23.1 Å². The van der Waals surface area contributed by atoms with Gasteiger partial charge in [-0.25, -0.2) is 12.7 Å². The van der Waals surface area contributed by atoms with Crippen LogP contribution in [-0.2, 0) is 26.2 Å². The van der Waals surface area contributed by atoms with Crippen LogP contribution >= 0.6 is 23.2 Å². The maximum atomic E-state index is 13.5. The summed E-state index contributed by atoms with van der Waals surface area (Å²) in [4.78, 5) is 40.5. The van der Waals surface area contributed by atoms with Crippen molar-refractivity contribution < 1.29 is 22.8 Å². The van der Waals surface area contributed by atoms with Crippen LogP contribution in [0.15, 0.2) is 47.4 Å². The fourth-order valence-corrected chi connectivity index (χ4v) is 5.62. The van der Waals surface area contributed by atoms with Crippen LogP contribution in [0.25, 0.3) is 0 Å². The second-order valence-corrected chi connectivity index (χ2v) is 11.3. The number of carbonyl (C=O) groups is 3. The maximum Gasteiger partial charge on any atom is 0.269 e. The Kier molecular flexibility index (Phi) is 8.46. The van der Waals surface area contributed by atoms with Crippen molar-refractivity contribution in [2.75, 3.05) is 13.1 Å². The van der Waals surface area contributed by atoms with Crippen molar-refractivity contribution in [2.24, 2.45) is 5.92 Å². The van der Waals surface area contributed by atoms with E-state index in [9.17, 15) is 22.8 Å². The third-order valence-corrected chi connectivity index (χ3v) is 8.12. The van der Waals surface area contributed by atoms with Gasteiger partial charge in [-0.05, 0) is 42.2 Å². The highest BCUT2D eigenvalue weighted by atomic mass is 35.5. The SMILES string of the molecule is CC[C@@H](C(=O)NCC(C)C)N(Cc1ccc(Cl)c(Cl)c1)C(=O)CN1C(=O)c2ccccc2S1(=O)=O. The minimum atomic E-state index is -4.19. The van der Waals surface area contributed by atoms with Gasteiger partial charge in [0.15, 0.2) is 0 Å². The molecule has 1 aliphatic rings. The Morgan fingerprint density at radius 2 is 1.77 bits per heavy atom. The fraction of sp³-hybridized carbons (Fsp3) is 0.375. The van der Waals surface area contributed by atoms with Gasteiger partial charge >= 0.3 is 0 Å². The summed E-state index contributed by atoms with van der Waals surface area (Å²) in [7, 11) is -4.19. The quantitative estimate of drug-likeness (QED) is 0.522. The Hall–Kier alpha value is -2.62. The first kappa shape index (κ1) is 27.0. The number of carbonyl (C=O) groups excluding carboxylic acids is 3. The Balaban J connectivity index is 1.93. The molecule has 1 aliphatic heterocycles. The van der Waals surface area contributed by atoms with Gasteiger partial charge in [0.2, 0.25) is 11.8 Å². The molecule has 0 saturated heterocycles. The summed E-state index contributed by atoms with van der Waals surface area (Å²) in [5.41, 5.74) is 0.611. The summed E-state index contributed by atoms with van der Waals surface area (Å²) in [6.07, 6.45) is 0.276. The number of hydrogen-bond acceptors (Lipinski definition) is 5. The Bertz CT molecular complexity index is 1250. The van der Waals surface area contributed by atoms with Crippen LogP contribution in [0.5, 0.6) is 0 Å². The molecule has 3 amide bonds. The van der Waals surface area contributed by atoms with Gasteiger partial charge in [-0.2, -0.15) is 0 Å². The summed E-state index contributed by atoms with van der Waals surface area (Å²) < 4.78 is 26.5. The molecule has 2 aromatic rings. The molecule has 0 radical (unpaired) electrons. The molecule has 35 heavy (non-hydrogen) atoms. The number of nitrogens with zero attached hydrogens (tertiary/aromatic N) is 2. The summed E-state index contributed by atoms with van der Waals surface area (Å²) in [6.45, 7) is 5.30. The van der Waals surface area contributed by atoms with E-state index in [1.54, 1.807) is 31.2 Å². The monoisotopic (exact) mass is 539 g/mol. The van der Waals surface area contributed by atoms with E-state index in [2.05, 4.69) is 5.32 Å². The summed E-state index contributed by atoms with van der Waals surface area (Å²) in [5.74, 6) is -1.64. The second-order valence-electron chi connectivity index (χ2n) is 8.65. The lowest BCUT2D eigenvalue weighted by molar-refractivity contribution is -0.141. The van der Waals surface area contributed by atoms with E-state index < -0.39 is 34.4 Å². The fourth-order valence-electron chi connectivity index (χ4n) is 3.78. The number of fused-ring (bicyclic) bond motifs is 1. The molecule has 1 atom stereocenters. The molecule has 8 nitrogen and oxygen atoms in total. The Labute approximate surface area is 215 Å². The number of rotatable bonds is 9.